The van der Waals surface area contributed by atoms with Gasteiger partial charge in [-0.05, 0) is 28.8 Å². The van der Waals surface area contributed by atoms with E-state index in [0.717, 1.165) is 45.2 Å². The lowest BCUT2D eigenvalue weighted by Gasteiger charge is -2.10. The summed E-state index contributed by atoms with van der Waals surface area (Å²) in [7, 11) is 0. The number of hydrogen-bond donors (Lipinski definition) is 1. The molecule has 0 unspecified atom stereocenters. The summed E-state index contributed by atoms with van der Waals surface area (Å²) in [6.07, 6.45) is 2.75. The Morgan fingerprint density at radius 1 is 0.676 bits per heavy atom. The Morgan fingerprint density at radius 3 is 1.91 bits per heavy atom. The van der Waals surface area contributed by atoms with Crippen LogP contribution in [-0.2, 0) is 4.79 Å². The molecule has 1 N–H and O–H groups in total. The van der Waals surface area contributed by atoms with E-state index in [2.05, 4.69) is 0 Å². The number of rotatable bonds is 6. The van der Waals surface area contributed by atoms with Crippen molar-refractivity contribution in [1.82, 2.24) is 4.98 Å². The zero-order chi connectivity index (χ0) is 23.3. The predicted molar refractivity (Wildman–Crippen MR) is 135 cm³/mol. The molecule has 0 aliphatic rings. The Balaban J connectivity index is 1.70. The average molecular weight is 444 g/mol. The zero-order valence-corrected chi connectivity index (χ0v) is 18.3. The number of nitrogens with zero attached hydrogens (tertiary/aromatic N) is 1. The molecule has 1 heterocycles. The second-order valence-corrected chi connectivity index (χ2v) is 7.73. The summed E-state index contributed by atoms with van der Waals surface area (Å²) < 4.78 is 6.42. The van der Waals surface area contributed by atoms with Crippen LogP contribution in [0.25, 0.3) is 51.2 Å². The van der Waals surface area contributed by atoms with Gasteiger partial charge in [-0.25, -0.2) is 9.78 Å². The van der Waals surface area contributed by atoms with E-state index in [4.69, 9.17) is 14.5 Å². The molecule has 0 radical (unpaired) electrons. The molecule has 0 aliphatic carbocycles. The number of aliphatic carboxylic acids is 1. The van der Waals surface area contributed by atoms with Crippen LogP contribution in [-0.4, -0.2) is 16.1 Å². The number of carboxylic acid groups (broad SMARTS) is 1. The van der Waals surface area contributed by atoms with Crippen molar-refractivity contribution in [1.29, 1.82) is 0 Å². The van der Waals surface area contributed by atoms with Crippen molar-refractivity contribution in [2.45, 2.75) is 0 Å². The molecule has 1 aromatic heterocycles. The van der Waals surface area contributed by atoms with Gasteiger partial charge in [0, 0.05) is 22.8 Å². The van der Waals surface area contributed by atoms with Gasteiger partial charge in [-0.1, -0.05) is 103 Å². The van der Waals surface area contributed by atoms with Crippen molar-refractivity contribution in [3.63, 3.8) is 0 Å². The molecule has 0 bridgehead atoms. The van der Waals surface area contributed by atoms with Crippen molar-refractivity contribution < 1.29 is 14.3 Å². The molecule has 4 aromatic carbocycles. The Kier molecular flexibility index (Phi) is 5.87. The normalized spacial score (nSPS) is 11.1. The van der Waals surface area contributed by atoms with Crippen LogP contribution in [0.2, 0.25) is 0 Å². The summed E-state index contributed by atoms with van der Waals surface area (Å²) in [5.41, 5.74) is 6.13. The van der Waals surface area contributed by atoms with Crippen molar-refractivity contribution >= 4 is 12.0 Å². The smallest absolute Gasteiger partial charge is 0.328 e. The first kappa shape index (κ1) is 21.2. The van der Waals surface area contributed by atoms with E-state index in [1.54, 1.807) is 6.08 Å². The van der Waals surface area contributed by atoms with Crippen LogP contribution in [0, 0.1) is 0 Å². The van der Waals surface area contributed by atoms with Gasteiger partial charge in [-0.2, -0.15) is 0 Å². The minimum absolute atomic E-state index is 0.505. The van der Waals surface area contributed by atoms with Crippen LogP contribution in [0.3, 0.4) is 0 Å². The molecule has 164 valence electrons. The van der Waals surface area contributed by atoms with E-state index in [1.807, 2.05) is 109 Å². The lowest BCUT2D eigenvalue weighted by molar-refractivity contribution is -0.131. The number of oxazole rings is 1. The average Bonchev–Trinajstić information content (AvgIpc) is 3.34. The second kappa shape index (κ2) is 9.43. The van der Waals surface area contributed by atoms with Crippen molar-refractivity contribution in [2.75, 3.05) is 0 Å². The number of carboxylic acids is 1. The van der Waals surface area contributed by atoms with E-state index >= 15 is 0 Å². The fourth-order valence-electron chi connectivity index (χ4n) is 3.97. The van der Waals surface area contributed by atoms with Crippen LogP contribution in [0.4, 0.5) is 0 Å². The van der Waals surface area contributed by atoms with E-state index in [-0.39, 0.29) is 0 Å². The number of benzene rings is 4. The first-order valence-corrected chi connectivity index (χ1v) is 10.9. The maximum atomic E-state index is 11.1. The molecule has 0 saturated heterocycles. The minimum Gasteiger partial charge on any atom is -0.478 e. The Bertz CT molecular complexity index is 1410. The van der Waals surface area contributed by atoms with Crippen molar-refractivity contribution in [2.24, 2.45) is 0 Å². The third-order valence-electron chi connectivity index (χ3n) is 5.52. The molecule has 5 aromatic rings. The van der Waals surface area contributed by atoms with E-state index < -0.39 is 5.97 Å². The summed E-state index contributed by atoms with van der Waals surface area (Å²) in [6.45, 7) is 0. The maximum absolute atomic E-state index is 11.1. The van der Waals surface area contributed by atoms with Crippen LogP contribution in [0.1, 0.15) is 5.56 Å². The summed E-state index contributed by atoms with van der Waals surface area (Å²) in [5.74, 6) is 0.219. The van der Waals surface area contributed by atoms with Crippen LogP contribution < -0.4 is 0 Å². The van der Waals surface area contributed by atoms with Gasteiger partial charge in [0.05, 0.1) is 0 Å². The Labute approximate surface area is 197 Å². The van der Waals surface area contributed by atoms with Gasteiger partial charge >= 0.3 is 5.97 Å². The highest BCUT2D eigenvalue weighted by Crippen LogP contribution is 2.39. The largest absolute Gasteiger partial charge is 0.478 e. The van der Waals surface area contributed by atoms with Gasteiger partial charge in [0.25, 0.3) is 0 Å². The van der Waals surface area contributed by atoms with Crippen molar-refractivity contribution in [3.05, 3.63) is 121 Å². The SMILES string of the molecule is O=C(O)/C=C/c1ccccc1-c1ccccc1-c1nc(-c2ccccc2)c(-c2ccccc2)o1. The number of aromatic nitrogens is 1. The molecule has 34 heavy (non-hydrogen) atoms. The molecule has 4 nitrogen and oxygen atoms in total. The Hall–Kier alpha value is -4.70. The van der Waals surface area contributed by atoms with Gasteiger partial charge < -0.3 is 9.52 Å². The highest BCUT2D eigenvalue weighted by Gasteiger charge is 2.20. The second-order valence-electron chi connectivity index (χ2n) is 7.73. The van der Waals surface area contributed by atoms with Crippen LogP contribution >= 0.6 is 0 Å². The lowest BCUT2D eigenvalue weighted by Crippen LogP contribution is -1.90. The van der Waals surface area contributed by atoms with Gasteiger partial charge in [-0.3, -0.25) is 0 Å². The molecule has 0 amide bonds. The van der Waals surface area contributed by atoms with Gasteiger partial charge in [0.15, 0.2) is 5.76 Å². The lowest BCUT2D eigenvalue weighted by atomic mass is 9.95. The number of carbonyl (C=O) groups is 1. The van der Waals surface area contributed by atoms with Crippen molar-refractivity contribution in [3.8, 4) is 45.2 Å². The first-order valence-electron chi connectivity index (χ1n) is 10.9. The molecule has 0 saturated carbocycles. The highest BCUT2D eigenvalue weighted by atomic mass is 16.4. The molecular formula is C30H21NO3. The summed E-state index contributed by atoms with van der Waals surface area (Å²) in [6, 6.07) is 35.5. The van der Waals surface area contributed by atoms with Gasteiger partial charge in [0.1, 0.15) is 5.69 Å². The molecule has 0 fully saturated rings. The standard InChI is InChI=1S/C30H21NO3/c32-27(33)20-19-21-11-7-8-16-24(21)25-17-9-10-18-26(25)30-31-28(22-12-3-1-4-13-22)29(34-30)23-14-5-2-6-15-23/h1-20H,(H,32,33)/b20-19+. The maximum Gasteiger partial charge on any atom is 0.328 e. The van der Waals surface area contributed by atoms with E-state index in [1.165, 1.54) is 0 Å². The molecule has 0 spiro atoms. The monoisotopic (exact) mass is 443 g/mol. The summed E-state index contributed by atoms with van der Waals surface area (Å²) in [5, 5.41) is 9.11. The third kappa shape index (κ3) is 4.30. The van der Waals surface area contributed by atoms with Crippen LogP contribution in [0.5, 0.6) is 0 Å². The summed E-state index contributed by atoms with van der Waals surface area (Å²) in [4.78, 5) is 16.0. The molecule has 0 aliphatic heterocycles. The minimum atomic E-state index is -0.990. The Morgan fingerprint density at radius 2 is 1.24 bits per heavy atom. The predicted octanol–water partition coefficient (Wildman–Crippen LogP) is 7.44. The molecular weight excluding hydrogens is 422 g/mol. The quantitative estimate of drug-likeness (QED) is 0.277. The molecule has 0 atom stereocenters. The van der Waals surface area contributed by atoms with E-state index in [9.17, 15) is 4.79 Å². The van der Waals surface area contributed by atoms with Crippen LogP contribution in [0.15, 0.2) is 120 Å². The molecule has 5 rings (SSSR count). The van der Waals surface area contributed by atoms with Gasteiger partial charge in [-0.15, -0.1) is 0 Å². The van der Waals surface area contributed by atoms with Gasteiger partial charge in [0.2, 0.25) is 5.89 Å². The third-order valence-corrected chi connectivity index (χ3v) is 5.52. The topological polar surface area (TPSA) is 63.3 Å². The fraction of sp³-hybridized carbons (Fsp3) is 0. The van der Waals surface area contributed by atoms with E-state index in [0.29, 0.717) is 11.7 Å². The fourth-order valence-corrected chi connectivity index (χ4v) is 3.97. The molecule has 4 heteroatoms. The zero-order valence-electron chi connectivity index (χ0n) is 18.3. The number of hydrogen-bond acceptors (Lipinski definition) is 3. The summed E-state index contributed by atoms with van der Waals surface area (Å²) >= 11 is 0. The highest BCUT2D eigenvalue weighted by molar-refractivity contribution is 5.91. The first-order chi connectivity index (χ1) is 16.7.